The van der Waals surface area contributed by atoms with E-state index in [-0.39, 0.29) is 41.2 Å². The summed E-state index contributed by atoms with van der Waals surface area (Å²) in [5, 5.41) is 6.88. The average Bonchev–Trinajstić information content (AvgIpc) is 2.88. The summed E-state index contributed by atoms with van der Waals surface area (Å²) in [7, 11) is 0. The van der Waals surface area contributed by atoms with Crippen molar-refractivity contribution in [1.29, 1.82) is 0 Å². The molecular formula is C26H27ClF2N4O4. The van der Waals surface area contributed by atoms with Gasteiger partial charge in [0.05, 0.1) is 36.9 Å². The van der Waals surface area contributed by atoms with Crippen LogP contribution in [0.15, 0.2) is 59.7 Å². The van der Waals surface area contributed by atoms with Crippen molar-refractivity contribution < 1.29 is 23.0 Å². The summed E-state index contributed by atoms with van der Waals surface area (Å²) < 4.78 is 46.1. The SMILES string of the molecule is C/C=C/C(F)Oc1ccc(C)cc1Oc1ccc(-n2ncc(NC[C@@]3(F)CCCOC3)c(Cl)c2=O)cn1. The molecular weight excluding hydrogens is 506 g/mol. The molecule has 0 aliphatic carbocycles. The van der Waals surface area contributed by atoms with E-state index in [2.05, 4.69) is 15.4 Å². The lowest BCUT2D eigenvalue weighted by atomic mass is 9.99. The number of anilines is 1. The Bertz CT molecular complexity index is 1310. The van der Waals surface area contributed by atoms with Gasteiger partial charge in [-0.2, -0.15) is 14.2 Å². The summed E-state index contributed by atoms with van der Waals surface area (Å²) in [6.45, 7) is 4.03. The highest BCUT2D eigenvalue weighted by Crippen LogP contribution is 2.33. The first-order valence-corrected chi connectivity index (χ1v) is 12.1. The Morgan fingerprint density at radius 2 is 2.14 bits per heavy atom. The minimum absolute atomic E-state index is 0.0114. The summed E-state index contributed by atoms with van der Waals surface area (Å²) in [6.07, 6.45) is 4.93. The van der Waals surface area contributed by atoms with Crippen LogP contribution in [0.4, 0.5) is 14.5 Å². The molecule has 3 heterocycles. The van der Waals surface area contributed by atoms with Gasteiger partial charge in [0, 0.05) is 12.7 Å². The lowest BCUT2D eigenvalue weighted by molar-refractivity contribution is -0.0234. The van der Waals surface area contributed by atoms with Gasteiger partial charge in [0.15, 0.2) is 17.2 Å². The number of hydrogen-bond donors (Lipinski definition) is 1. The number of hydrogen-bond acceptors (Lipinski definition) is 7. The minimum Gasteiger partial charge on any atom is -0.453 e. The second-order valence-corrected chi connectivity index (χ2v) is 9.03. The number of ether oxygens (including phenoxy) is 3. The molecule has 1 aromatic carbocycles. The molecule has 1 aliphatic rings. The maximum atomic E-state index is 14.8. The third kappa shape index (κ3) is 6.64. The number of benzene rings is 1. The maximum absolute atomic E-state index is 14.8. The molecule has 2 atom stereocenters. The van der Waals surface area contributed by atoms with E-state index in [0.717, 1.165) is 10.2 Å². The van der Waals surface area contributed by atoms with Crippen LogP contribution < -0.4 is 20.3 Å². The smallest absolute Gasteiger partial charge is 0.292 e. The molecule has 0 radical (unpaired) electrons. The Balaban J connectivity index is 1.48. The fraction of sp³-hybridized carbons (Fsp3) is 0.346. The second-order valence-electron chi connectivity index (χ2n) is 8.65. The molecule has 4 rings (SSSR count). The molecule has 11 heteroatoms. The topological polar surface area (TPSA) is 87.5 Å². The third-order valence-electron chi connectivity index (χ3n) is 5.65. The maximum Gasteiger partial charge on any atom is 0.292 e. The average molecular weight is 533 g/mol. The highest BCUT2D eigenvalue weighted by Gasteiger charge is 2.32. The third-order valence-corrected chi connectivity index (χ3v) is 6.02. The molecule has 1 saturated heterocycles. The minimum atomic E-state index is -1.63. The lowest BCUT2D eigenvalue weighted by Crippen LogP contribution is -2.40. The first-order valence-electron chi connectivity index (χ1n) is 11.7. The summed E-state index contributed by atoms with van der Waals surface area (Å²) in [5.41, 5.74) is -0.673. The molecule has 1 N–H and O–H groups in total. The number of nitrogens with one attached hydrogen (secondary N) is 1. The van der Waals surface area contributed by atoms with Gasteiger partial charge in [-0.15, -0.1) is 0 Å². The van der Waals surface area contributed by atoms with Gasteiger partial charge in [-0.1, -0.05) is 23.7 Å². The summed E-state index contributed by atoms with van der Waals surface area (Å²) in [4.78, 5) is 17.1. The fourth-order valence-corrected chi connectivity index (χ4v) is 3.92. The van der Waals surface area contributed by atoms with Crippen LogP contribution in [0.5, 0.6) is 17.4 Å². The molecule has 1 fully saturated rings. The predicted molar refractivity (Wildman–Crippen MR) is 137 cm³/mol. The van der Waals surface area contributed by atoms with E-state index in [1.807, 2.05) is 6.92 Å². The summed E-state index contributed by atoms with van der Waals surface area (Å²) in [6, 6.07) is 8.19. The first-order chi connectivity index (χ1) is 17.8. The summed E-state index contributed by atoms with van der Waals surface area (Å²) >= 11 is 6.26. The number of alkyl halides is 2. The second kappa shape index (κ2) is 11.7. The van der Waals surface area contributed by atoms with E-state index in [1.165, 1.54) is 24.5 Å². The van der Waals surface area contributed by atoms with Crippen LogP contribution in [0.25, 0.3) is 5.69 Å². The predicted octanol–water partition coefficient (Wildman–Crippen LogP) is 5.56. The van der Waals surface area contributed by atoms with Crippen molar-refractivity contribution in [3.05, 3.63) is 75.8 Å². The van der Waals surface area contributed by atoms with E-state index in [9.17, 15) is 13.6 Å². The number of rotatable bonds is 9. The molecule has 8 nitrogen and oxygen atoms in total. The first kappa shape index (κ1) is 26.6. The molecule has 0 amide bonds. The molecule has 0 saturated carbocycles. The number of aromatic nitrogens is 3. The summed E-state index contributed by atoms with van der Waals surface area (Å²) in [5.74, 6) is 0.695. The zero-order valence-corrected chi connectivity index (χ0v) is 21.2. The highest BCUT2D eigenvalue weighted by atomic mass is 35.5. The van der Waals surface area contributed by atoms with E-state index >= 15 is 0 Å². The number of halogens is 3. The molecule has 37 heavy (non-hydrogen) atoms. The Morgan fingerprint density at radius 3 is 2.84 bits per heavy atom. The number of pyridine rings is 1. The molecule has 2 aromatic heterocycles. The van der Waals surface area contributed by atoms with Gasteiger partial charge in [0.1, 0.15) is 5.02 Å². The van der Waals surface area contributed by atoms with Crippen LogP contribution in [0.3, 0.4) is 0 Å². The standard InChI is InChI=1S/C26H27ClF2N4O4/c1-3-5-22(28)36-20-8-6-17(2)12-21(20)37-23-9-7-18(13-30-23)33-25(34)24(27)19(14-32-33)31-15-26(29)10-4-11-35-16-26/h3,5-9,12-14,22,31H,4,10-11,15-16H2,1-2H3/b5-3+/t22?,26-/m0/s1. The monoisotopic (exact) mass is 532 g/mol. The zero-order chi connectivity index (χ0) is 26.4. The number of aryl methyl sites for hydroxylation is 1. The Labute approximate surface area is 217 Å². The number of nitrogens with zero attached hydrogens (tertiary/aromatic N) is 3. The Hall–Kier alpha value is -3.50. The molecule has 196 valence electrons. The highest BCUT2D eigenvalue weighted by molar-refractivity contribution is 6.32. The van der Waals surface area contributed by atoms with Crippen LogP contribution in [0.2, 0.25) is 5.02 Å². The molecule has 3 aromatic rings. The van der Waals surface area contributed by atoms with Crippen LogP contribution in [0.1, 0.15) is 25.3 Å². The van der Waals surface area contributed by atoms with E-state index in [4.69, 9.17) is 25.8 Å². The van der Waals surface area contributed by atoms with Gasteiger partial charge in [0.25, 0.3) is 11.9 Å². The zero-order valence-electron chi connectivity index (χ0n) is 20.4. The Morgan fingerprint density at radius 1 is 1.30 bits per heavy atom. The molecule has 0 bridgehead atoms. The van der Waals surface area contributed by atoms with Crippen molar-refractivity contribution in [3.8, 4) is 23.1 Å². The van der Waals surface area contributed by atoms with Crippen molar-refractivity contribution in [2.75, 3.05) is 25.1 Å². The van der Waals surface area contributed by atoms with Crippen LogP contribution in [-0.2, 0) is 4.74 Å². The fourth-order valence-electron chi connectivity index (χ4n) is 3.73. The molecule has 1 aliphatic heterocycles. The van der Waals surface area contributed by atoms with Gasteiger partial charge in [-0.05, 0) is 56.5 Å². The van der Waals surface area contributed by atoms with Crippen LogP contribution in [0, 0.1) is 6.92 Å². The lowest BCUT2D eigenvalue weighted by Gasteiger charge is -2.29. The van der Waals surface area contributed by atoms with Gasteiger partial charge < -0.3 is 19.5 Å². The largest absolute Gasteiger partial charge is 0.453 e. The van der Waals surface area contributed by atoms with Crippen molar-refractivity contribution in [2.24, 2.45) is 0 Å². The number of allylic oxidation sites excluding steroid dienone is 1. The quantitative estimate of drug-likeness (QED) is 0.361. The van der Waals surface area contributed by atoms with Crippen LogP contribution in [-0.4, -0.2) is 46.5 Å². The van der Waals surface area contributed by atoms with Crippen molar-refractivity contribution in [1.82, 2.24) is 14.8 Å². The Kier molecular flexibility index (Phi) is 8.40. The van der Waals surface area contributed by atoms with Gasteiger partial charge in [-0.25, -0.2) is 9.37 Å². The van der Waals surface area contributed by atoms with Crippen molar-refractivity contribution >= 4 is 17.3 Å². The molecule has 1 unspecified atom stereocenters. The van der Waals surface area contributed by atoms with Gasteiger partial charge in [-0.3, -0.25) is 4.79 Å². The van der Waals surface area contributed by atoms with Gasteiger partial charge in [0.2, 0.25) is 5.88 Å². The van der Waals surface area contributed by atoms with Crippen molar-refractivity contribution in [3.63, 3.8) is 0 Å². The van der Waals surface area contributed by atoms with E-state index in [1.54, 1.807) is 37.3 Å². The molecule has 0 spiro atoms. The van der Waals surface area contributed by atoms with Gasteiger partial charge >= 0.3 is 0 Å². The van der Waals surface area contributed by atoms with E-state index in [0.29, 0.717) is 25.1 Å². The van der Waals surface area contributed by atoms with Crippen molar-refractivity contribution in [2.45, 2.75) is 38.7 Å². The van der Waals surface area contributed by atoms with Crippen LogP contribution >= 0.6 is 11.6 Å². The normalized spacial score (nSPS) is 18.5. The van der Waals surface area contributed by atoms with E-state index < -0.39 is 17.6 Å².